The Labute approximate surface area is 109 Å². The van der Waals surface area contributed by atoms with Crippen LogP contribution in [0, 0.1) is 5.82 Å². The van der Waals surface area contributed by atoms with Crippen molar-refractivity contribution in [2.75, 3.05) is 0 Å². The molecular formula is C13H14FN5. The number of aromatic nitrogens is 4. The molecule has 0 spiro atoms. The molecule has 0 aliphatic carbocycles. The van der Waals surface area contributed by atoms with Crippen molar-refractivity contribution in [3.8, 4) is 0 Å². The van der Waals surface area contributed by atoms with Gasteiger partial charge < -0.3 is 5.73 Å². The minimum Gasteiger partial charge on any atom is -0.325 e. The zero-order chi connectivity index (χ0) is 13.4. The van der Waals surface area contributed by atoms with Crippen molar-refractivity contribution < 1.29 is 4.39 Å². The number of benzene rings is 1. The molecule has 0 unspecified atom stereocenters. The summed E-state index contributed by atoms with van der Waals surface area (Å²) in [7, 11) is 1.91. The van der Waals surface area contributed by atoms with Crippen LogP contribution in [0.15, 0.2) is 30.5 Å². The number of hydrogen-bond donors (Lipinski definition) is 1. The summed E-state index contributed by atoms with van der Waals surface area (Å²) >= 11 is 0. The summed E-state index contributed by atoms with van der Waals surface area (Å²) in [6, 6.07) is 6.43. The van der Waals surface area contributed by atoms with Crippen LogP contribution in [0.3, 0.4) is 0 Å². The number of aryl methyl sites for hydroxylation is 1. The van der Waals surface area contributed by atoms with E-state index in [2.05, 4.69) is 10.1 Å². The third-order valence-electron chi connectivity index (χ3n) is 3.11. The number of imidazole rings is 1. The lowest BCUT2D eigenvalue weighted by Gasteiger charge is -2.01. The molecule has 2 N–H and O–H groups in total. The van der Waals surface area contributed by atoms with Gasteiger partial charge in [0.25, 0.3) is 0 Å². The van der Waals surface area contributed by atoms with Crippen LogP contribution in [0.1, 0.15) is 17.1 Å². The zero-order valence-corrected chi connectivity index (χ0v) is 10.5. The number of fused-ring (bicyclic) bond motifs is 1. The van der Waals surface area contributed by atoms with Crippen LogP contribution in [-0.4, -0.2) is 19.2 Å². The molecule has 0 aliphatic heterocycles. The molecular weight excluding hydrogens is 245 g/mol. The number of nitrogens with two attached hydrogens (primary N) is 1. The van der Waals surface area contributed by atoms with Crippen molar-refractivity contribution >= 4 is 5.78 Å². The van der Waals surface area contributed by atoms with Crippen molar-refractivity contribution in [3.05, 3.63) is 53.4 Å². The van der Waals surface area contributed by atoms with Crippen molar-refractivity contribution in [1.82, 2.24) is 19.2 Å². The lowest BCUT2D eigenvalue weighted by Crippen LogP contribution is -2.01. The molecule has 0 amide bonds. The largest absolute Gasteiger partial charge is 0.325 e. The second-order valence-electron chi connectivity index (χ2n) is 4.46. The molecule has 0 radical (unpaired) electrons. The Morgan fingerprint density at radius 2 is 2.00 bits per heavy atom. The molecule has 1 aromatic carbocycles. The van der Waals surface area contributed by atoms with Gasteiger partial charge in [0, 0.05) is 20.0 Å². The molecule has 2 aromatic heterocycles. The summed E-state index contributed by atoms with van der Waals surface area (Å²) in [4.78, 5) is 4.39. The molecule has 0 atom stereocenters. The van der Waals surface area contributed by atoms with E-state index in [4.69, 9.17) is 5.73 Å². The second-order valence-corrected chi connectivity index (χ2v) is 4.46. The Morgan fingerprint density at radius 1 is 1.26 bits per heavy atom. The van der Waals surface area contributed by atoms with Gasteiger partial charge in [0.15, 0.2) is 0 Å². The first-order valence-electron chi connectivity index (χ1n) is 6.01. The van der Waals surface area contributed by atoms with Gasteiger partial charge in [0.2, 0.25) is 5.78 Å². The maximum absolute atomic E-state index is 12.9. The molecule has 0 saturated carbocycles. The highest BCUT2D eigenvalue weighted by atomic mass is 19.1. The summed E-state index contributed by atoms with van der Waals surface area (Å²) < 4.78 is 16.5. The van der Waals surface area contributed by atoms with Gasteiger partial charge in [-0.3, -0.25) is 4.57 Å². The van der Waals surface area contributed by atoms with Gasteiger partial charge in [-0.1, -0.05) is 12.1 Å². The lowest BCUT2D eigenvalue weighted by atomic mass is 10.1. The highest BCUT2D eigenvalue weighted by Crippen LogP contribution is 2.12. The van der Waals surface area contributed by atoms with Crippen LogP contribution in [0.2, 0.25) is 0 Å². The molecule has 0 bridgehead atoms. The zero-order valence-electron chi connectivity index (χ0n) is 10.5. The van der Waals surface area contributed by atoms with Crippen molar-refractivity contribution in [2.24, 2.45) is 12.8 Å². The molecule has 2 heterocycles. The van der Waals surface area contributed by atoms with E-state index in [1.165, 1.54) is 12.1 Å². The van der Waals surface area contributed by atoms with E-state index in [0.717, 1.165) is 22.9 Å². The molecule has 0 aliphatic rings. The van der Waals surface area contributed by atoms with E-state index in [1.807, 2.05) is 17.8 Å². The molecule has 0 saturated heterocycles. The third kappa shape index (κ3) is 2.10. The first-order chi connectivity index (χ1) is 9.17. The first-order valence-corrected chi connectivity index (χ1v) is 6.01. The van der Waals surface area contributed by atoms with Gasteiger partial charge in [-0.05, 0) is 17.7 Å². The van der Waals surface area contributed by atoms with Gasteiger partial charge >= 0.3 is 0 Å². The van der Waals surface area contributed by atoms with E-state index in [0.29, 0.717) is 13.0 Å². The Bertz CT molecular complexity index is 711. The minimum atomic E-state index is -0.231. The Balaban J connectivity index is 1.94. The fourth-order valence-electron chi connectivity index (χ4n) is 2.05. The van der Waals surface area contributed by atoms with Crippen LogP contribution in [0.4, 0.5) is 4.39 Å². The summed E-state index contributed by atoms with van der Waals surface area (Å²) in [6.07, 6.45) is 2.46. The average Bonchev–Trinajstić information content (AvgIpc) is 2.93. The highest BCUT2D eigenvalue weighted by Gasteiger charge is 2.11. The first kappa shape index (κ1) is 11.9. The third-order valence-corrected chi connectivity index (χ3v) is 3.11. The lowest BCUT2D eigenvalue weighted by molar-refractivity contribution is 0.627. The monoisotopic (exact) mass is 259 g/mol. The average molecular weight is 259 g/mol. The fourth-order valence-corrected chi connectivity index (χ4v) is 2.05. The van der Waals surface area contributed by atoms with Crippen LogP contribution in [0.5, 0.6) is 0 Å². The molecule has 0 fully saturated rings. The van der Waals surface area contributed by atoms with E-state index in [-0.39, 0.29) is 5.82 Å². The Kier molecular flexibility index (Phi) is 2.79. The highest BCUT2D eigenvalue weighted by molar-refractivity contribution is 5.33. The van der Waals surface area contributed by atoms with E-state index in [9.17, 15) is 4.39 Å². The molecule has 6 heteroatoms. The Morgan fingerprint density at radius 3 is 2.63 bits per heavy atom. The van der Waals surface area contributed by atoms with Gasteiger partial charge in [-0.25, -0.2) is 13.9 Å². The maximum Gasteiger partial charge on any atom is 0.232 e. The minimum absolute atomic E-state index is 0.231. The molecule has 98 valence electrons. The maximum atomic E-state index is 12.9. The van der Waals surface area contributed by atoms with Crippen molar-refractivity contribution in [1.29, 1.82) is 0 Å². The molecule has 3 aromatic rings. The van der Waals surface area contributed by atoms with Gasteiger partial charge in [0.05, 0.1) is 11.9 Å². The summed E-state index contributed by atoms with van der Waals surface area (Å²) in [5.74, 6) is 1.40. The van der Waals surface area contributed by atoms with Crippen molar-refractivity contribution in [3.63, 3.8) is 0 Å². The number of hydrogen-bond acceptors (Lipinski definition) is 3. The van der Waals surface area contributed by atoms with Gasteiger partial charge in [0.1, 0.15) is 11.6 Å². The summed E-state index contributed by atoms with van der Waals surface area (Å²) in [5, 5.41) is 4.47. The van der Waals surface area contributed by atoms with Crippen LogP contribution < -0.4 is 5.73 Å². The van der Waals surface area contributed by atoms with Crippen LogP contribution in [0.25, 0.3) is 5.78 Å². The second kappa shape index (κ2) is 4.47. The topological polar surface area (TPSA) is 61.1 Å². The number of rotatable bonds is 3. The molecule has 19 heavy (non-hydrogen) atoms. The fraction of sp³-hybridized carbons (Fsp3) is 0.231. The summed E-state index contributed by atoms with van der Waals surface area (Å²) in [5.41, 5.74) is 7.37. The summed E-state index contributed by atoms with van der Waals surface area (Å²) in [6.45, 7) is 0.399. The van der Waals surface area contributed by atoms with Crippen LogP contribution in [-0.2, 0) is 20.0 Å². The van der Waals surface area contributed by atoms with Gasteiger partial charge in [-0.2, -0.15) is 5.10 Å². The Hall–Kier alpha value is -2.21. The smallest absolute Gasteiger partial charge is 0.232 e. The van der Waals surface area contributed by atoms with E-state index < -0.39 is 0 Å². The number of halogens is 1. The standard InChI is InChI=1S/C13H14FN5/c1-18-12(6-9-2-4-10(14)5-3-9)17-19-8-11(7-15)16-13(18)19/h2-5,8H,6-7,15H2,1H3. The predicted octanol–water partition coefficient (Wildman–Crippen LogP) is 1.26. The van der Waals surface area contributed by atoms with E-state index in [1.54, 1.807) is 16.6 Å². The molecule has 5 nitrogen and oxygen atoms in total. The number of nitrogens with zero attached hydrogens (tertiary/aromatic N) is 4. The van der Waals surface area contributed by atoms with E-state index >= 15 is 0 Å². The van der Waals surface area contributed by atoms with Crippen molar-refractivity contribution in [2.45, 2.75) is 13.0 Å². The normalized spacial score (nSPS) is 11.3. The SMILES string of the molecule is Cn1c(Cc2ccc(F)cc2)nn2cc(CN)nc12. The quantitative estimate of drug-likeness (QED) is 0.770. The van der Waals surface area contributed by atoms with Gasteiger partial charge in [-0.15, -0.1) is 0 Å². The molecule has 3 rings (SSSR count). The van der Waals surface area contributed by atoms with Crippen LogP contribution >= 0.6 is 0 Å². The predicted molar refractivity (Wildman–Crippen MR) is 69.1 cm³/mol.